The number of alkyl halides is 2. The van der Waals surface area contributed by atoms with E-state index in [4.69, 9.17) is 0 Å². The van der Waals surface area contributed by atoms with Gasteiger partial charge in [0.1, 0.15) is 0 Å². The number of nitrogens with zero attached hydrogens (tertiary/aromatic N) is 2. The van der Waals surface area contributed by atoms with Crippen LogP contribution in [0.5, 0.6) is 5.88 Å². The molecule has 0 aromatic carbocycles. The summed E-state index contributed by atoms with van der Waals surface area (Å²) in [6, 6.07) is 0.117. The summed E-state index contributed by atoms with van der Waals surface area (Å²) in [5, 5.41) is 3.82. The van der Waals surface area contributed by atoms with Crippen molar-refractivity contribution in [1.82, 2.24) is 9.78 Å². The fourth-order valence-corrected chi connectivity index (χ4v) is 1.16. The summed E-state index contributed by atoms with van der Waals surface area (Å²) in [6.45, 7) is 0.948. The van der Waals surface area contributed by atoms with E-state index in [1.165, 1.54) is 0 Å². The van der Waals surface area contributed by atoms with Crippen LogP contribution in [-0.2, 0) is 0 Å². The summed E-state index contributed by atoms with van der Waals surface area (Å²) in [7, 11) is 0. The van der Waals surface area contributed by atoms with Crippen LogP contribution in [0.1, 0.15) is 19.9 Å². The molecule has 0 atom stereocenters. The van der Waals surface area contributed by atoms with Crippen molar-refractivity contribution in [3.05, 3.63) is 10.7 Å². The van der Waals surface area contributed by atoms with Crippen molar-refractivity contribution in [3.8, 4) is 5.88 Å². The molecule has 0 spiro atoms. The monoisotopic (exact) mass is 254 g/mol. The highest BCUT2D eigenvalue weighted by molar-refractivity contribution is 9.10. The number of rotatable bonds is 3. The van der Waals surface area contributed by atoms with Crippen molar-refractivity contribution in [2.45, 2.75) is 26.5 Å². The van der Waals surface area contributed by atoms with Gasteiger partial charge in [-0.15, -0.1) is 5.10 Å². The number of aromatic nitrogens is 2. The number of hydrogen-bond donors (Lipinski definition) is 0. The third-order valence-corrected chi connectivity index (χ3v) is 1.93. The Morgan fingerprint density at radius 2 is 2.15 bits per heavy atom. The first-order valence-corrected chi connectivity index (χ1v) is 4.49. The SMILES string of the molecule is CC(C)n1cc(Br)c(OC(F)F)n1. The maximum absolute atomic E-state index is 11.8. The smallest absolute Gasteiger partial charge is 0.388 e. The maximum atomic E-state index is 11.8. The lowest BCUT2D eigenvalue weighted by atomic mass is 10.4. The Hall–Kier alpha value is -0.650. The summed E-state index contributed by atoms with van der Waals surface area (Å²) in [5.41, 5.74) is 0. The van der Waals surface area contributed by atoms with E-state index in [-0.39, 0.29) is 11.9 Å². The predicted molar refractivity (Wildman–Crippen MR) is 46.9 cm³/mol. The van der Waals surface area contributed by atoms with Crippen LogP contribution in [0.2, 0.25) is 0 Å². The molecule has 3 nitrogen and oxygen atoms in total. The van der Waals surface area contributed by atoms with E-state index >= 15 is 0 Å². The summed E-state index contributed by atoms with van der Waals surface area (Å²) in [5.74, 6) is -0.0799. The van der Waals surface area contributed by atoms with E-state index in [1.807, 2.05) is 13.8 Å². The Morgan fingerprint density at radius 3 is 2.54 bits per heavy atom. The molecule has 0 unspecified atom stereocenters. The van der Waals surface area contributed by atoms with Crippen molar-refractivity contribution in [2.24, 2.45) is 0 Å². The molecule has 1 rings (SSSR count). The minimum atomic E-state index is -2.84. The van der Waals surface area contributed by atoms with Crippen LogP contribution in [0.3, 0.4) is 0 Å². The van der Waals surface area contributed by atoms with Crippen molar-refractivity contribution in [3.63, 3.8) is 0 Å². The second-order valence-electron chi connectivity index (χ2n) is 2.73. The molecule has 0 aliphatic heterocycles. The standard InChI is InChI=1S/C7H9BrF2N2O/c1-4(2)12-3-5(8)6(11-12)13-7(9)10/h3-4,7H,1-2H3. The predicted octanol–water partition coefficient (Wildman–Crippen LogP) is 2.83. The maximum Gasteiger partial charge on any atom is 0.388 e. The lowest BCUT2D eigenvalue weighted by Crippen LogP contribution is -2.05. The van der Waals surface area contributed by atoms with Gasteiger partial charge >= 0.3 is 6.61 Å². The highest BCUT2D eigenvalue weighted by atomic mass is 79.9. The van der Waals surface area contributed by atoms with Crippen LogP contribution >= 0.6 is 15.9 Å². The first-order chi connectivity index (χ1) is 6.00. The van der Waals surface area contributed by atoms with Gasteiger partial charge < -0.3 is 4.74 Å². The van der Waals surface area contributed by atoms with E-state index in [9.17, 15) is 8.78 Å². The van der Waals surface area contributed by atoms with Crippen LogP contribution in [0.25, 0.3) is 0 Å². The second-order valence-corrected chi connectivity index (χ2v) is 3.59. The van der Waals surface area contributed by atoms with Gasteiger partial charge in [-0.05, 0) is 29.8 Å². The summed E-state index contributed by atoms with van der Waals surface area (Å²) in [4.78, 5) is 0. The van der Waals surface area contributed by atoms with Crippen molar-refractivity contribution >= 4 is 15.9 Å². The number of ether oxygens (including phenoxy) is 1. The van der Waals surface area contributed by atoms with Gasteiger partial charge in [0.15, 0.2) is 0 Å². The zero-order chi connectivity index (χ0) is 10.0. The summed E-state index contributed by atoms with van der Waals surface area (Å²) in [6.07, 6.45) is 1.60. The lowest BCUT2D eigenvalue weighted by molar-refractivity contribution is -0.0537. The molecule has 13 heavy (non-hydrogen) atoms. The second kappa shape index (κ2) is 4.04. The molecule has 1 heterocycles. The van der Waals surface area contributed by atoms with Crippen LogP contribution in [0.4, 0.5) is 8.78 Å². The molecule has 0 radical (unpaired) electrons. The van der Waals surface area contributed by atoms with Crippen molar-refractivity contribution in [1.29, 1.82) is 0 Å². The average Bonchev–Trinajstić information content (AvgIpc) is 2.31. The van der Waals surface area contributed by atoms with E-state index < -0.39 is 6.61 Å². The molecular weight excluding hydrogens is 246 g/mol. The fraction of sp³-hybridized carbons (Fsp3) is 0.571. The molecule has 0 aliphatic carbocycles. The highest BCUT2D eigenvalue weighted by Gasteiger charge is 2.13. The Morgan fingerprint density at radius 1 is 1.54 bits per heavy atom. The third-order valence-electron chi connectivity index (χ3n) is 1.39. The van der Waals surface area contributed by atoms with Gasteiger partial charge in [-0.3, -0.25) is 4.68 Å². The Labute approximate surface area is 82.8 Å². The molecular formula is C7H9BrF2N2O. The fourth-order valence-electron chi connectivity index (χ4n) is 0.782. The molecule has 0 fully saturated rings. The Balaban J connectivity index is 2.83. The first-order valence-electron chi connectivity index (χ1n) is 3.70. The Kier molecular flexibility index (Phi) is 3.24. The highest BCUT2D eigenvalue weighted by Crippen LogP contribution is 2.25. The van der Waals surface area contributed by atoms with Crippen LogP contribution < -0.4 is 4.74 Å². The number of hydrogen-bond acceptors (Lipinski definition) is 2. The molecule has 6 heteroatoms. The van der Waals surface area contributed by atoms with E-state index in [1.54, 1.807) is 10.9 Å². The van der Waals surface area contributed by atoms with E-state index in [0.29, 0.717) is 4.47 Å². The van der Waals surface area contributed by atoms with E-state index in [2.05, 4.69) is 25.8 Å². The molecule has 0 bridgehead atoms. The van der Waals surface area contributed by atoms with Crippen molar-refractivity contribution < 1.29 is 13.5 Å². The van der Waals surface area contributed by atoms with Gasteiger partial charge in [-0.1, -0.05) is 0 Å². The van der Waals surface area contributed by atoms with Gasteiger partial charge in [0, 0.05) is 12.2 Å². The zero-order valence-electron chi connectivity index (χ0n) is 7.17. The summed E-state index contributed by atoms with van der Waals surface area (Å²) >= 11 is 3.07. The molecule has 0 aliphatic rings. The lowest BCUT2D eigenvalue weighted by Gasteiger charge is -2.03. The van der Waals surface area contributed by atoms with Crippen LogP contribution in [0.15, 0.2) is 10.7 Å². The number of halogens is 3. The minimum absolute atomic E-state index is 0.0799. The third kappa shape index (κ3) is 2.65. The molecule has 0 N–H and O–H groups in total. The minimum Gasteiger partial charge on any atom is -0.414 e. The topological polar surface area (TPSA) is 27.1 Å². The largest absolute Gasteiger partial charge is 0.414 e. The zero-order valence-corrected chi connectivity index (χ0v) is 8.75. The molecule has 0 saturated carbocycles. The molecule has 74 valence electrons. The molecule has 0 amide bonds. The average molecular weight is 255 g/mol. The van der Waals surface area contributed by atoms with E-state index in [0.717, 1.165) is 0 Å². The first kappa shape index (κ1) is 10.4. The van der Waals surface area contributed by atoms with Crippen LogP contribution in [-0.4, -0.2) is 16.4 Å². The molecule has 1 aromatic heterocycles. The van der Waals surface area contributed by atoms with Gasteiger partial charge in [0.2, 0.25) is 0 Å². The van der Waals surface area contributed by atoms with Crippen LogP contribution in [0, 0.1) is 0 Å². The molecule has 0 saturated heterocycles. The molecule has 1 aromatic rings. The normalized spacial score (nSPS) is 11.3. The van der Waals surface area contributed by atoms with Gasteiger partial charge in [0.05, 0.1) is 4.47 Å². The van der Waals surface area contributed by atoms with Gasteiger partial charge in [0.25, 0.3) is 5.88 Å². The van der Waals surface area contributed by atoms with Crippen molar-refractivity contribution in [2.75, 3.05) is 0 Å². The Bertz CT molecular complexity index is 288. The summed E-state index contributed by atoms with van der Waals surface area (Å²) < 4.78 is 29.8. The van der Waals surface area contributed by atoms with Gasteiger partial charge in [-0.2, -0.15) is 8.78 Å². The quantitative estimate of drug-likeness (QED) is 0.830. The van der Waals surface area contributed by atoms with Gasteiger partial charge in [-0.25, -0.2) is 0 Å².